The normalized spacial score (nSPS) is 12.3. The molecule has 17 heavy (non-hydrogen) atoms. The third-order valence-corrected chi connectivity index (χ3v) is 4.62. The zero-order valence-corrected chi connectivity index (χ0v) is 11.7. The number of sulfonamides is 1. The summed E-state index contributed by atoms with van der Waals surface area (Å²) in [6, 6.07) is 9.11. The molecule has 0 aliphatic rings. The first-order valence-corrected chi connectivity index (χ1v) is 7.71. The number of nitrogens with zero attached hydrogens (tertiary/aromatic N) is 1. The number of alkyl halides is 1. The predicted molar refractivity (Wildman–Crippen MR) is 71.6 cm³/mol. The predicted octanol–water partition coefficient (Wildman–Crippen LogP) is 2.47. The average Bonchev–Trinajstić information content (AvgIpc) is 2.26. The second-order valence-corrected chi connectivity index (χ2v) is 6.43. The van der Waals surface area contributed by atoms with E-state index >= 15 is 0 Å². The summed E-state index contributed by atoms with van der Waals surface area (Å²) in [5.74, 6) is 0.342. The van der Waals surface area contributed by atoms with Crippen LogP contribution in [0.3, 0.4) is 0 Å². The molecule has 0 heterocycles. The van der Waals surface area contributed by atoms with Crippen molar-refractivity contribution in [2.24, 2.45) is 0 Å². The van der Waals surface area contributed by atoms with Gasteiger partial charge in [0.25, 0.3) is 0 Å². The molecule has 0 N–H and O–H groups in total. The number of rotatable bonds is 6. The average molecular weight is 276 g/mol. The maximum atomic E-state index is 12.2. The first kappa shape index (κ1) is 14.5. The van der Waals surface area contributed by atoms with Crippen molar-refractivity contribution in [3.63, 3.8) is 0 Å². The number of halogens is 1. The first-order valence-electron chi connectivity index (χ1n) is 5.57. The highest BCUT2D eigenvalue weighted by Crippen LogP contribution is 2.13. The van der Waals surface area contributed by atoms with Gasteiger partial charge in [-0.2, -0.15) is 4.31 Å². The van der Waals surface area contributed by atoms with Crippen LogP contribution in [0.2, 0.25) is 0 Å². The van der Waals surface area contributed by atoms with Crippen molar-refractivity contribution in [1.82, 2.24) is 4.31 Å². The molecule has 0 aliphatic carbocycles. The molecule has 1 rings (SSSR count). The molecule has 0 aliphatic heterocycles. The zero-order chi connectivity index (χ0) is 12.9. The fourth-order valence-electron chi connectivity index (χ4n) is 1.67. The summed E-state index contributed by atoms with van der Waals surface area (Å²) in [6.45, 7) is 4.07. The molecule has 0 spiro atoms. The van der Waals surface area contributed by atoms with Gasteiger partial charge in [0, 0.05) is 18.5 Å². The Labute approximate surface area is 108 Å². The van der Waals surface area contributed by atoms with Crippen molar-refractivity contribution in [1.29, 1.82) is 0 Å². The van der Waals surface area contributed by atoms with E-state index in [4.69, 9.17) is 11.6 Å². The van der Waals surface area contributed by atoms with Crippen LogP contribution in [0.4, 0.5) is 0 Å². The molecule has 3 nitrogen and oxygen atoms in total. The van der Waals surface area contributed by atoms with Crippen molar-refractivity contribution >= 4 is 21.6 Å². The van der Waals surface area contributed by atoms with Gasteiger partial charge in [0.1, 0.15) is 0 Å². The maximum Gasteiger partial charge on any atom is 0.218 e. The van der Waals surface area contributed by atoms with E-state index in [2.05, 4.69) is 0 Å². The van der Waals surface area contributed by atoms with Crippen LogP contribution in [-0.4, -0.2) is 31.2 Å². The van der Waals surface area contributed by atoms with E-state index in [1.807, 2.05) is 44.2 Å². The zero-order valence-electron chi connectivity index (χ0n) is 10.1. The molecular formula is C12H18ClNO2S. The fraction of sp³-hybridized carbons (Fsp3) is 0.500. The lowest BCUT2D eigenvalue weighted by Crippen LogP contribution is -2.39. The Bertz CT molecular complexity index is 431. The van der Waals surface area contributed by atoms with Gasteiger partial charge < -0.3 is 0 Å². The molecule has 0 amide bonds. The van der Waals surface area contributed by atoms with Crippen LogP contribution in [0.15, 0.2) is 30.3 Å². The van der Waals surface area contributed by atoms with Crippen LogP contribution in [-0.2, 0) is 15.8 Å². The third kappa shape index (κ3) is 4.30. The Morgan fingerprint density at radius 3 is 2.29 bits per heavy atom. The van der Waals surface area contributed by atoms with E-state index < -0.39 is 10.0 Å². The molecule has 0 radical (unpaired) electrons. The first-order chi connectivity index (χ1) is 7.97. The van der Waals surface area contributed by atoms with Crippen molar-refractivity contribution in [3.8, 4) is 0 Å². The summed E-state index contributed by atoms with van der Waals surface area (Å²) >= 11 is 5.64. The van der Waals surface area contributed by atoms with Gasteiger partial charge in [-0.1, -0.05) is 30.3 Å². The Balaban J connectivity index is 2.86. The van der Waals surface area contributed by atoms with Crippen LogP contribution in [0, 0.1) is 0 Å². The van der Waals surface area contributed by atoms with Gasteiger partial charge in [-0.25, -0.2) is 8.42 Å². The topological polar surface area (TPSA) is 37.4 Å². The van der Waals surface area contributed by atoms with Crippen LogP contribution >= 0.6 is 11.6 Å². The second kappa shape index (κ2) is 6.38. The monoisotopic (exact) mass is 275 g/mol. The fourth-order valence-corrected chi connectivity index (χ4v) is 3.74. The summed E-state index contributed by atoms with van der Waals surface area (Å²) in [7, 11) is -3.29. The van der Waals surface area contributed by atoms with Crippen molar-refractivity contribution in [3.05, 3.63) is 35.9 Å². The number of hydrogen-bond donors (Lipinski definition) is 0. The van der Waals surface area contributed by atoms with Crippen LogP contribution in [0.5, 0.6) is 0 Å². The van der Waals surface area contributed by atoms with Crippen molar-refractivity contribution in [2.45, 2.75) is 25.6 Å². The summed E-state index contributed by atoms with van der Waals surface area (Å²) < 4.78 is 25.8. The van der Waals surface area contributed by atoms with E-state index in [0.29, 0.717) is 12.4 Å². The Morgan fingerprint density at radius 1 is 1.24 bits per heavy atom. The highest BCUT2D eigenvalue weighted by Gasteiger charge is 2.24. The van der Waals surface area contributed by atoms with E-state index in [-0.39, 0.29) is 11.8 Å². The van der Waals surface area contributed by atoms with Gasteiger partial charge >= 0.3 is 0 Å². The third-order valence-electron chi connectivity index (χ3n) is 2.43. The summed E-state index contributed by atoms with van der Waals surface area (Å²) in [5, 5.41) is 0. The van der Waals surface area contributed by atoms with Gasteiger partial charge in [-0.15, -0.1) is 11.6 Å². The molecule has 0 saturated heterocycles. The van der Waals surface area contributed by atoms with Gasteiger partial charge in [0.05, 0.1) is 5.75 Å². The summed E-state index contributed by atoms with van der Waals surface area (Å²) in [4.78, 5) is 0. The molecular weight excluding hydrogens is 258 g/mol. The molecule has 0 aromatic heterocycles. The van der Waals surface area contributed by atoms with E-state index in [1.165, 1.54) is 4.31 Å². The Morgan fingerprint density at radius 2 is 1.82 bits per heavy atom. The molecule has 0 bridgehead atoms. The minimum absolute atomic E-state index is 0.0307. The molecule has 0 fully saturated rings. The summed E-state index contributed by atoms with van der Waals surface area (Å²) in [6.07, 6.45) is 0. The van der Waals surface area contributed by atoms with Gasteiger partial charge in [0.2, 0.25) is 10.0 Å². The summed E-state index contributed by atoms with van der Waals surface area (Å²) in [5.41, 5.74) is 0.799. The number of benzene rings is 1. The smallest absolute Gasteiger partial charge is 0.212 e. The van der Waals surface area contributed by atoms with Gasteiger partial charge in [-0.3, -0.25) is 0 Å². The van der Waals surface area contributed by atoms with E-state index in [0.717, 1.165) is 5.56 Å². The standard InChI is InChI=1S/C12H18ClNO2S/c1-11(2)14(9-8-13)17(15,16)10-12-6-4-3-5-7-12/h3-7,11H,8-10H2,1-2H3. The quantitative estimate of drug-likeness (QED) is 0.748. The van der Waals surface area contributed by atoms with Crippen molar-refractivity contribution < 1.29 is 8.42 Å². The lowest BCUT2D eigenvalue weighted by Gasteiger charge is -2.25. The Kier molecular flexibility index (Phi) is 5.43. The van der Waals surface area contributed by atoms with Crippen LogP contribution in [0.25, 0.3) is 0 Å². The molecule has 5 heteroatoms. The van der Waals surface area contributed by atoms with Crippen molar-refractivity contribution in [2.75, 3.05) is 12.4 Å². The minimum Gasteiger partial charge on any atom is -0.212 e. The molecule has 0 saturated carbocycles. The Hall–Kier alpha value is -0.580. The van der Waals surface area contributed by atoms with Gasteiger partial charge in [-0.05, 0) is 19.4 Å². The molecule has 1 aromatic rings. The lowest BCUT2D eigenvalue weighted by atomic mass is 10.2. The lowest BCUT2D eigenvalue weighted by molar-refractivity contribution is 0.370. The van der Waals surface area contributed by atoms with E-state index in [1.54, 1.807) is 0 Å². The van der Waals surface area contributed by atoms with Crippen LogP contribution < -0.4 is 0 Å². The molecule has 0 atom stereocenters. The highest BCUT2D eigenvalue weighted by molar-refractivity contribution is 7.88. The van der Waals surface area contributed by atoms with Gasteiger partial charge in [0.15, 0.2) is 0 Å². The number of hydrogen-bond acceptors (Lipinski definition) is 2. The molecule has 1 aromatic carbocycles. The minimum atomic E-state index is -3.29. The van der Waals surface area contributed by atoms with Crippen LogP contribution in [0.1, 0.15) is 19.4 Å². The molecule has 96 valence electrons. The SMILES string of the molecule is CC(C)N(CCCl)S(=O)(=O)Cc1ccccc1. The van der Waals surface area contributed by atoms with E-state index in [9.17, 15) is 8.42 Å². The maximum absolute atomic E-state index is 12.2. The largest absolute Gasteiger partial charge is 0.218 e. The highest BCUT2D eigenvalue weighted by atomic mass is 35.5. The second-order valence-electron chi connectivity index (χ2n) is 4.14. The molecule has 0 unspecified atom stereocenters.